The van der Waals surface area contributed by atoms with Crippen LogP contribution < -0.4 is 5.32 Å². The number of hydrogen-bond acceptors (Lipinski definition) is 6. The number of nitrogens with zero attached hydrogens (tertiary/aromatic N) is 5. The van der Waals surface area contributed by atoms with E-state index in [2.05, 4.69) is 32.3 Å². The number of thioether (sulfide) groups is 1. The van der Waals surface area contributed by atoms with Crippen LogP contribution >= 0.6 is 11.8 Å². The summed E-state index contributed by atoms with van der Waals surface area (Å²) >= 11 is 1.64. The Balaban J connectivity index is 1.57. The standard InChI is InChI=1S/C16H16N6OS/c1-2-24-15-6-4-13(9-19-15)16(23)20-8-12-3-5-14(18-7-12)22-11-17-10-21-22/h3-7,9-11H,2,8H2,1H3,(H,20,23). The van der Waals surface area contributed by atoms with Gasteiger partial charge in [0, 0.05) is 18.9 Å². The largest absolute Gasteiger partial charge is 0.348 e. The normalized spacial score (nSPS) is 10.5. The van der Waals surface area contributed by atoms with E-state index in [1.807, 2.05) is 18.2 Å². The van der Waals surface area contributed by atoms with Crippen LogP contribution in [0.4, 0.5) is 0 Å². The lowest BCUT2D eigenvalue weighted by Gasteiger charge is -2.06. The Bertz CT molecular complexity index is 786. The third-order valence-electron chi connectivity index (χ3n) is 3.21. The van der Waals surface area contributed by atoms with Gasteiger partial charge in [0.25, 0.3) is 5.91 Å². The molecule has 0 aliphatic rings. The second-order valence-corrected chi connectivity index (χ2v) is 6.15. The summed E-state index contributed by atoms with van der Waals surface area (Å²) in [6, 6.07) is 7.36. The third-order valence-corrected chi connectivity index (χ3v) is 4.03. The van der Waals surface area contributed by atoms with E-state index in [1.165, 1.54) is 6.33 Å². The van der Waals surface area contributed by atoms with Gasteiger partial charge in [0.05, 0.1) is 10.6 Å². The Morgan fingerprint density at radius 2 is 2.12 bits per heavy atom. The highest BCUT2D eigenvalue weighted by Crippen LogP contribution is 2.14. The van der Waals surface area contributed by atoms with Gasteiger partial charge < -0.3 is 5.32 Å². The molecule has 3 rings (SSSR count). The fourth-order valence-corrected chi connectivity index (χ4v) is 2.60. The molecule has 3 aromatic heterocycles. The van der Waals surface area contributed by atoms with Crippen molar-refractivity contribution >= 4 is 17.7 Å². The van der Waals surface area contributed by atoms with Crippen molar-refractivity contribution in [2.45, 2.75) is 18.5 Å². The fraction of sp³-hybridized carbons (Fsp3) is 0.188. The first-order chi connectivity index (χ1) is 11.8. The molecule has 1 amide bonds. The molecule has 0 saturated heterocycles. The summed E-state index contributed by atoms with van der Waals surface area (Å²) in [5.74, 6) is 1.47. The van der Waals surface area contributed by atoms with Gasteiger partial charge in [0.2, 0.25) is 0 Å². The Labute approximate surface area is 143 Å². The summed E-state index contributed by atoms with van der Waals surface area (Å²) in [5, 5.41) is 7.79. The summed E-state index contributed by atoms with van der Waals surface area (Å²) < 4.78 is 1.57. The Kier molecular flexibility index (Phi) is 5.17. The van der Waals surface area contributed by atoms with Crippen molar-refractivity contribution in [1.82, 2.24) is 30.0 Å². The topological polar surface area (TPSA) is 85.6 Å². The molecule has 0 bridgehead atoms. The van der Waals surface area contributed by atoms with Crippen LogP contribution in [-0.4, -0.2) is 36.4 Å². The average molecular weight is 340 g/mol. The molecule has 7 nitrogen and oxygen atoms in total. The summed E-state index contributed by atoms with van der Waals surface area (Å²) in [6.07, 6.45) is 6.33. The van der Waals surface area contributed by atoms with Gasteiger partial charge >= 0.3 is 0 Å². The molecule has 8 heteroatoms. The van der Waals surface area contributed by atoms with E-state index in [1.54, 1.807) is 41.2 Å². The molecule has 24 heavy (non-hydrogen) atoms. The molecule has 0 saturated carbocycles. The molecule has 122 valence electrons. The number of hydrogen-bond donors (Lipinski definition) is 1. The van der Waals surface area contributed by atoms with Crippen LogP contribution in [0.3, 0.4) is 0 Å². The minimum atomic E-state index is -0.157. The summed E-state index contributed by atoms with van der Waals surface area (Å²) in [6.45, 7) is 2.46. The first-order valence-corrected chi connectivity index (χ1v) is 8.42. The number of carbonyl (C=O) groups is 1. The molecule has 0 spiro atoms. The summed E-state index contributed by atoms with van der Waals surface area (Å²) in [5.41, 5.74) is 1.45. The van der Waals surface area contributed by atoms with Crippen LogP contribution in [0, 0.1) is 0 Å². The lowest BCUT2D eigenvalue weighted by Crippen LogP contribution is -2.23. The van der Waals surface area contributed by atoms with Crippen molar-refractivity contribution in [1.29, 1.82) is 0 Å². The third kappa shape index (κ3) is 3.96. The van der Waals surface area contributed by atoms with Crippen LogP contribution in [-0.2, 0) is 6.54 Å². The predicted molar refractivity (Wildman–Crippen MR) is 91.0 cm³/mol. The predicted octanol–water partition coefficient (Wildman–Crippen LogP) is 2.10. The van der Waals surface area contributed by atoms with E-state index >= 15 is 0 Å². The Hall–Kier alpha value is -2.74. The van der Waals surface area contributed by atoms with Crippen molar-refractivity contribution in [3.8, 4) is 5.82 Å². The van der Waals surface area contributed by atoms with Crippen molar-refractivity contribution in [3.05, 3.63) is 60.4 Å². The number of aromatic nitrogens is 5. The molecule has 0 aromatic carbocycles. The second kappa shape index (κ2) is 7.69. The van der Waals surface area contributed by atoms with Gasteiger partial charge in [-0.15, -0.1) is 11.8 Å². The van der Waals surface area contributed by atoms with Crippen molar-refractivity contribution in [2.24, 2.45) is 0 Å². The number of rotatable bonds is 6. The molecule has 3 heterocycles. The van der Waals surface area contributed by atoms with E-state index < -0.39 is 0 Å². The summed E-state index contributed by atoms with van der Waals surface area (Å²) in [7, 11) is 0. The Morgan fingerprint density at radius 3 is 2.75 bits per heavy atom. The van der Waals surface area contributed by atoms with Crippen LogP contribution in [0.5, 0.6) is 0 Å². The number of pyridine rings is 2. The summed E-state index contributed by atoms with van der Waals surface area (Å²) in [4.78, 5) is 24.6. The Morgan fingerprint density at radius 1 is 1.21 bits per heavy atom. The van der Waals surface area contributed by atoms with E-state index in [4.69, 9.17) is 0 Å². The second-order valence-electron chi connectivity index (χ2n) is 4.87. The SMILES string of the molecule is CCSc1ccc(C(=O)NCc2ccc(-n3cncn3)nc2)cn1. The number of nitrogens with one attached hydrogen (secondary N) is 1. The highest BCUT2D eigenvalue weighted by molar-refractivity contribution is 7.99. The maximum atomic E-state index is 12.1. The minimum absolute atomic E-state index is 0.157. The molecule has 0 aliphatic carbocycles. The highest BCUT2D eigenvalue weighted by Gasteiger charge is 2.07. The molecule has 0 fully saturated rings. The maximum absolute atomic E-state index is 12.1. The first-order valence-electron chi connectivity index (χ1n) is 7.43. The van der Waals surface area contributed by atoms with Gasteiger partial charge in [0.1, 0.15) is 12.7 Å². The zero-order valence-corrected chi connectivity index (χ0v) is 13.9. The fourth-order valence-electron chi connectivity index (χ4n) is 2.02. The van der Waals surface area contributed by atoms with Crippen molar-refractivity contribution in [3.63, 3.8) is 0 Å². The van der Waals surface area contributed by atoms with Crippen molar-refractivity contribution < 1.29 is 4.79 Å². The highest BCUT2D eigenvalue weighted by atomic mass is 32.2. The lowest BCUT2D eigenvalue weighted by atomic mass is 10.2. The van der Waals surface area contributed by atoms with E-state index in [9.17, 15) is 4.79 Å². The van der Waals surface area contributed by atoms with Crippen LogP contribution in [0.1, 0.15) is 22.8 Å². The molecule has 0 unspecified atom stereocenters. The average Bonchev–Trinajstić information content (AvgIpc) is 3.16. The molecule has 1 N–H and O–H groups in total. The van der Waals surface area contributed by atoms with Crippen LogP contribution in [0.15, 0.2) is 54.3 Å². The monoisotopic (exact) mass is 340 g/mol. The van der Waals surface area contributed by atoms with E-state index in [0.29, 0.717) is 17.9 Å². The molecule has 3 aromatic rings. The maximum Gasteiger partial charge on any atom is 0.253 e. The molecule has 0 aliphatic heterocycles. The van der Waals surface area contributed by atoms with Crippen LogP contribution in [0.25, 0.3) is 5.82 Å². The molecule has 0 atom stereocenters. The van der Waals surface area contributed by atoms with Gasteiger partial charge in [-0.3, -0.25) is 4.79 Å². The van der Waals surface area contributed by atoms with E-state index in [-0.39, 0.29) is 5.91 Å². The first kappa shape index (κ1) is 16.1. The van der Waals surface area contributed by atoms with Gasteiger partial charge in [-0.05, 0) is 29.5 Å². The number of carbonyl (C=O) groups excluding carboxylic acids is 1. The smallest absolute Gasteiger partial charge is 0.253 e. The van der Waals surface area contributed by atoms with Gasteiger partial charge in [-0.25, -0.2) is 19.6 Å². The minimum Gasteiger partial charge on any atom is -0.348 e. The van der Waals surface area contributed by atoms with Crippen molar-refractivity contribution in [2.75, 3.05) is 5.75 Å². The zero-order valence-electron chi connectivity index (χ0n) is 13.1. The van der Waals surface area contributed by atoms with Crippen LogP contribution in [0.2, 0.25) is 0 Å². The van der Waals surface area contributed by atoms with Gasteiger partial charge in [0.15, 0.2) is 5.82 Å². The molecule has 0 radical (unpaired) electrons. The lowest BCUT2D eigenvalue weighted by molar-refractivity contribution is 0.0950. The molecular weight excluding hydrogens is 324 g/mol. The zero-order chi connectivity index (χ0) is 16.8. The van der Waals surface area contributed by atoms with E-state index in [0.717, 1.165) is 16.3 Å². The quantitative estimate of drug-likeness (QED) is 0.692. The van der Waals surface area contributed by atoms with Gasteiger partial charge in [-0.2, -0.15) is 5.10 Å². The molecular formula is C16H16N6OS. The number of amides is 1. The van der Waals surface area contributed by atoms with Gasteiger partial charge in [-0.1, -0.05) is 13.0 Å².